The van der Waals surface area contributed by atoms with Gasteiger partial charge in [0.25, 0.3) is 0 Å². The maximum Gasteiger partial charge on any atom is 0.237 e. The lowest BCUT2D eigenvalue weighted by molar-refractivity contribution is -0.127. The van der Waals surface area contributed by atoms with Crippen LogP contribution in [-0.4, -0.2) is 54.4 Å². The molecule has 1 heterocycles. The summed E-state index contributed by atoms with van der Waals surface area (Å²) in [6.45, 7) is 9.14. The van der Waals surface area contributed by atoms with Crippen molar-refractivity contribution in [1.82, 2.24) is 10.3 Å². The van der Waals surface area contributed by atoms with Gasteiger partial charge >= 0.3 is 0 Å². The number of anilines is 1. The number of rotatable bonds is 18. The van der Waals surface area contributed by atoms with Crippen molar-refractivity contribution in [2.24, 2.45) is 29.4 Å². The van der Waals surface area contributed by atoms with Crippen LogP contribution in [0.1, 0.15) is 58.9 Å². The van der Waals surface area contributed by atoms with Gasteiger partial charge < -0.3 is 30.9 Å². The Hall–Kier alpha value is -3.08. The summed E-state index contributed by atoms with van der Waals surface area (Å²) in [6.07, 6.45) is 2.21. The zero-order valence-corrected chi connectivity index (χ0v) is 24.9. The highest BCUT2D eigenvalue weighted by Gasteiger charge is 2.30. The average molecular weight is 575 g/mol. The Morgan fingerprint density at radius 3 is 2.39 bits per heavy atom. The van der Waals surface area contributed by atoms with Crippen molar-refractivity contribution in [2.45, 2.75) is 72.1 Å². The second kappa shape index (κ2) is 17.7. The summed E-state index contributed by atoms with van der Waals surface area (Å²) in [4.78, 5) is 30.2. The van der Waals surface area contributed by atoms with Gasteiger partial charge in [0.2, 0.25) is 17.7 Å². The maximum atomic E-state index is 13.2. The van der Waals surface area contributed by atoms with Crippen molar-refractivity contribution in [1.29, 1.82) is 0 Å². The number of aliphatic hydroxyl groups excluding tert-OH is 1. The molecule has 2 rings (SSSR count). The number of carbonyl (C=O) groups excluding carboxylic acids is 2. The normalized spacial score (nSPS) is 14.4. The molecule has 228 valence electrons. The third kappa shape index (κ3) is 12.1. The molecular formula is C31H47FN4O5. The first-order chi connectivity index (χ1) is 19.5. The van der Waals surface area contributed by atoms with Crippen LogP contribution in [0.3, 0.4) is 0 Å². The second-order valence-corrected chi connectivity index (χ2v) is 11.2. The van der Waals surface area contributed by atoms with Crippen LogP contribution in [0.15, 0.2) is 42.6 Å². The molecule has 0 aliphatic carbocycles. The molecule has 0 spiro atoms. The number of hydrogen-bond acceptors (Lipinski definition) is 7. The van der Waals surface area contributed by atoms with Gasteiger partial charge in [-0.2, -0.15) is 0 Å². The molecule has 2 aromatic rings. The van der Waals surface area contributed by atoms with Gasteiger partial charge in [0.15, 0.2) is 0 Å². The Bertz CT molecular complexity index is 1070. The van der Waals surface area contributed by atoms with E-state index >= 15 is 0 Å². The molecule has 0 saturated carbocycles. The van der Waals surface area contributed by atoms with Gasteiger partial charge in [0, 0.05) is 51.3 Å². The minimum absolute atomic E-state index is 0.0258. The largest absolute Gasteiger partial charge is 0.476 e. The molecule has 1 aromatic heterocycles. The van der Waals surface area contributed by atoms with E-state index < -0.39 is 18.1 Å². The lowest BCUT2D eigenvalue weighted by atomic mass is 9.82. The number of nitrogens with zero attached hydrogens (tertiary/aromatic N) is 1. The first-order valence-corrected chi connectivity index (χ1v) is 14.3. The monoisotopic (exact) mass is 574 g/mol. The van der Waals surface area contributed by atoms with E-state index in [4.69, 9.17) is 15.2 Å². The van der Waals surface area contributed by atoms with Crippen molar-refractivity contribution < 1.29 is 28.6 Å². The van der Waals surface area contributed by atoms with Crippen molar-refractivity contribution in [2.75, 3.05) is 25.6 Å². The fraction of sp³-hybridized carbons (Fsp3) is 0.581. The second-order valence-electron chi connectivity index (χ2n) is 11.2. The van der Waals surface area contributed by atoms with Gasteiger partial charge in [-0.05, 0) is 60.4 Å². The topological polar surface area (TPSA) is 136 Å². The van der Waals surface area contributed by atoms with E-state index in [2.05, 4.69) is 15.6 Å². The van der Waals surface area contributed by atoms with E-state index in [-0.39, 0.29) is 54.8 Å². The number of hydrogen-bond donors (Lipinski definition) is 4. The van der Waals surface area contributed by atoms with E-state index in [1.54, 1.807) is 37.6 Å². The summed E-state index contributed by atoms with van der Waals surface area (Å²) < 4.78 is 23.9. The number of pyridine rings is 1. The Labute approximate surface area is 243 Å². The number of halogens is 1. The molecule has 0 radical (unpaired) electrons. The molecule has 2 amide bonds. The summed E-state index contributed by atoms with van der Waals surface area (Å²) in [5.74, 6) is -0.800. The standard InChI is InChI=1S/C31H47FN4O5/c1-20(2)23(17-29(38)36-27-8-6-13-34-31(27)41-15-7-14-40-5)16-26(33)28(37)18-25(21(3)4)30(39)35-19-22-9-11-24(32)12-10-22/h6,8-13,20-21,23,25-26,28,37H,7,14-19,33H2,1-5H3,(H,35,39)(H,36,38)/t23-,25+,26+,28+/m1/s1. The zero-order chi connectivity index (χ0) is 30.4. The number of aliphatic hydroxyl groups is 1. The number of benzene rings is 1. The minimum Gasteiger partial charge on any atom is -0.476 e. The van der Waals surface area contributed by atoms with Gasteiger partial charge in [-0.1, -0.05) is 39.8 Å². The van der Waals surface area contributed by atoms with Crippen LogP contribution in [0, 0.1) is 29.5 Å². The summed E-state index contributed by atoms with van der Waals surface area (Å²) in [7, 11) is 1.62. The molecule has 0 aliphatic rings. The van der Waals surface area contributed by atoms with Crippen LogP contribution in [0.25, 0.3) is 0 Å². The van der Waals surface area contributed by atoms with E-state index in [0.29, 0.717) is 37.6 Å². The van der Waals surface area contributed by atoms with E-state index in [1.165, 1.54) is 12.1 Å². The highest BCUT2D eigenvalue weighted by molar-refractivity contribution is 5.92. The molecule has 0 saturated heterocycles. The zero-order valence-electron chi connectivity index (χ0n) is 24.9. The number of nitrogens with one attached hydrogen (secondary N) is 2. The summed E-state index contributed by atoms with van der Waals surface area (Å²) in [6, 6.07) is 8.80. The average Bonchev–Trinajstić information content (AvgIpc) is 2.93. The van der Waals surface area contributed by atoms with Crippen molar-refractivity contribution in [3.63, 3.8) is 0 Å². The molecule has 10 heteroatoms. The SMILES string of the molecule is COCCCOc1ncccc1NC(=O)C[C@@H](C[C@H](N)[C@@H](O)C[C@H](C(=O)NCc1ccc(F)cc1)C(C)C)C(C)C. The summed E-state index contributed by atoms with van der Waals surface area (Å²) in [5, 5.41) is 16.8. The van der Waals surface area contributed by atoms with Crippen LogP contribution < -0.4 is 21.1 Å². The third-order valence-corrected chi connectivity index (χ3v) is 7.25. The predicted molar refractivity (Wildman–Crippen MR) is 158 cm³/mol. The van der Waals surface area contributed by atoms with Gasteiger partial charge in [-0.15, -0.1) is 0 Å². The molecule has 0 bridgehead atoms. The minimum atomic E-state index is -0.922. The highest BCUT2D eigenvalue weighted by atomic mass is 19.1. The molecule has 0 fully saturated rings. The smallest absolute Gasteiger partial charge is 0.237 e. The number of methoxy groups -OCH3 is 1. The summed E-state index contributed by atoms with van der Waals surface area (Å²) in [5.41, 5.74) is 7.71. The molecule has 9 nitrogen and oxygen atoms in total. The number of carbonyl (C=O) groups is 2. The Balaban J connectivity index is 1.93. The van der Waals surface area contributed by atoms with E-state index in [0.717, 1.165) is 5.56 Å². The fourth-order valence-corrected chi connectivity index (χ4v) is 4.55. The molecule has 5 N–H and O–H groups in total. The number of amides is 2. The third-order valence-electron chi connectivity index (χ3n) is 7.25. The van der Waals surface area contributed by atoms with E-state index in [1.807, 2.05) is 27.7 Å². The Morgan fingerprint density at radius 1 is 1.05 bits per heavy atom. The van der Waals surface area contributed by atoms with Gasteiger partial charge in [-0.25, -0.2) is 9.37 Å². The van der Waals surface area contributed by atoms with Gasteiger partial charge in [0.1, 0.15) is 11.5 Å². The highest BCUT2D eigenvalue weighted by Crippen LogP contribution is 2.27. The molecule has 1 aromatic carbocycles. The fourth-order valence-electron chi connectivity index (χ4n) is 4.55. The van der Waals surface area contributed by atoms with Crippen LogP contribution in [-0.2, 0) is 20.9 Å². The quantitative estimate of drug-likeness (QED) is 0.195. The number of aromatic nitrogens is 1. The van der Waals surface area contributed by atoms with Gasteiger partial charge in [0.05, 0.1) is 12.7 Å². The number of nitrogens with two attached hydrogens (primary N) is 1. The van der Waals surface area contributed by atoms with Crippen LogP contribution >= 0.6 is 0 Å². The van der Waals surface area contributed by atoms with Crippen molar-refractivity contribution in [3.8, 4) is 5.88 Å². The first-order valence-electron chi connectivity index (χ1n) is 14.3. The Morgan fingerprint density at radius 2 is 1.76 bits per heavy atom. The maximum absolute atomic E-state index is 13.2. The van der Waals surface area contributed by atoms with Crippen LogP contribution in [0.4, 0.5) is 10.1 Å². The first kappa shape index (κ1) is 34.1. The van der Waals surface area contributed by atoms with Gasteiger partial charge in [-0.3, -0.25) is 9.59 Å². The lowest BCUT2D eigenvalue weighted by Gasteiger charge is -2.29. The lowest BCUT2D eigenvalue weighted by Crippen LogP contribution is -2.42. The molecule has 0 unspecified atom stereocenters. The Kier molecular flexibility index (Phi) is 14.7. The summed E-state index contributed by atoms with van der Waals surface area (Å²) >= 11 is 0. The molecular weight excluding hydrogens is 527 g/mol. The molecule has 0 aliphatic heterocycles. The predicted octanol–water partition coefficient (Wildman–Crippen LogP) is 4.29. The van der Waals surface area contributed by atoms with Crippen LogP contribution in [0.5, 0.6) is 5.88 Å². The number of ether oxygens (including phenoxy) is 2. The van der Waals surface area contributed by atoms with Crippen molar-refractivity contribution in [3.05, 3.63) is 54.0 Å². The van der Waals surface area contributed by atoms with E-state index in [9.17, 15) is 19.1 Å². The van der Waals surface area contributed by atoms with Crippen molar-refractivity contribution >= 4 is 17.5 Å². The van der Waals surface area contributed by atoms with Crippen LogP contribution in [0.2, 0.25) is 0 Å². The molecule has 41 heavy (non-hydrogen) atoms. The molecule has 4 atom stereocenters.